The van der Waals surface area contributed by atoms with Crippen LogP contribution in [0.5, 0.6) is 0 Å². The van der Waals surface area contributed by atoms with Crippen LogP contribution >= 0.6 is 11.6 Å². The van der Waals surface area contributed by atoms with Crippen molar-refractivity contribution in [2.45, 2.75) is 38.6 Å². The SMILES string of the molecule is CC1CCC(C(N)Cc2cc(Cl)ccc2F)C1. The molecule has 0 aliphatic heterocycles. The zero-order chi connectivity index (χ0) is 12.4. The van der Waals surface area contributed by atoms with E-state index in [9.17, 15) is 4.39 Å². The summed E-state index contributed by atoms with van der Waals surface area (Å²) in [6.07, 6.45) is 4.17. The fourth-order valence-corrected chi connectivity index (χ4v) is 2.96. The molecule has 0 aromatic heterocycles. The normalized spacial score (nSPS) is 26.1. The number of hydrogen-bond donors (Lipinski definition) is 1. The van der Waals surface area contributed by atoms with Gasteiger partial charge in [0.2, 0.25) is 0 Å². The lowest BCUT2D eigenvalue weighted by atomic mass is 9.92. The van der Waals surface area contributed by atoms with Crippen molar-refractivity contribution in [3.05, 3.63) is 34.6 Å². The van der Waals surface area contributed by atoms with Crippen molar-refractivity contribution in [1.82, 2.24) is 0 Å². The Kier molecular flexibility index (Phi) is 4.05. The number of halogens is 2. The second-order valence-corrected chi connectivity index (χ2v) is 5.72. The minimum absolute atomic E-state index is 0.0490. The van der Waals surface area contributed by atoms with Crippen molar-refractivity contribution in [1.29, 1.82) is 0 Å². The average Bonchev–Trinajstić information content (AvgIpc) is 2.70. The first-order valence-corrected chi connectivity index (χ1v) is 6.63. The van der Waals surface area contributed by atoms with Gasteiger partial charge in [-0.25, -0.2) is 4.39 Å². The Balaban J connectivity index is 2.02. The molecule has 1 nitrogen and oxygen atoms in total. The zero-order valence-electron chi connectivity index (χ0n) is 10.1. The highest BCUT2D eigenvalue weighted by Crippen LogP contribution is 2.33. The molecule has 3 atom stereocenters. The minimum atomic E-state index is -0.198. The predicted octanol–water partition coefficient (Wildman–Crippen LogP) is 3.79. The standard InChI is InChI=1S/C14H19ClFN/c1-9-2-3-10(6-9)14(17)8-11-7-12(15)4-5-13(11)16/h4-5,7,9-10,14H,2-3,6,8,17H2,1H3. The monoisotopic (exact) mass is 255 g/mol. The van der Waals surface area contributed by atoms with Crippen molar-refractivity contribution in [3.63, 3.8) is 0 Å². The highest BCUT2D eigenvalue weighted by Gasteiger charge is 2.27. The van der Waals surface area contributed by atoms with Gasteiger partial charge in [-0.2, -0.15) is 0 Å². The second kappa shape index (κ2) is 5.36. The molecular weight excluding hydrogens is 237 g/mol. The van der Waals surface area contributed by atoms with Gasteiger partial charge in [0, 0.05) is 11.1 Å². The van der Waals surface area contributed by atoms with E-state index in [0.717, 1.165) is 5.92 Å². The molecule has 1 aromatic carbocycles. The summed E-state index contributed by atoms with van der Waals surface area (Å²) in [4.78, 5) is 0. The quantitative estimate of drug-likeness (QED) is 0.874. The van der Waals surface area contributed by atoms with Crippen LogP contribution in [0.1, 0.15) is 31.7 Å². The zero-order valence-corrected chi connectivity index (χ0v) is 10.9. The van der Waals surface area contributed by atoms with E-state index in [1.807, 2.05) is 0 Å². The number of nitrogens with two attached hydrogens (primary N) is 1. The van der Waals surface area contributed by atoms with Gasteiger partial charge in [0.05, 0.1) is 0 Å². The van der Waals surface area contributed by atoms with Crippen LogP contribution in [0.15, 0.2) is 18.2 Å². The van der Waals surface area contributed by atoms with E-state index in [0.29, 0.717) is 22.9 Å². The molecule has 3 unspecified atom stereocenters. The van der Waals surface area contributed by atoms with Crippen LogP contribution in [0, 0.1) is 17.7 Å². The lowest BCUT2D eigenvalue weighted by molar-refractivity contribution is 0.410. The smallest absolute Gasteiger partial charge is 0.126 e. The number of benzene rings is 1. The lowest BCUT2D eigenvalue weighted by Gasteiger charge is -2.19. The molecule has 3 heteroatoms. The van der Waals surface area contributed by atoms with E-state index in [1.165, 1.54) is 25.3 Å². The Morgan fingerprint density at radius 1 is 1.47 bits per heavy atom. The maximum absolute atomic E-state index is 13.6. The van der Waals surface area contributed by atoms with Crippen molar-refractivity contribution in [2.75, 3.05) is 0 Å². The summed E-state index contributed by atoms with van der Waals surface area (Å²) >= 11 is 5.88. The number of hydrogen-bond acceptors (Lipinski definition) is 1. The van der Waals surface area contributed by atoms with Crippen molar-refractivity contribution in [2.24, 2.45) is 17.6 Å². The minimum Gasteiger partial charge on any atom is -0.327 e. The Hall–Kier alpha value is -0.600. The summed E-state index contributed by atoms with van der Waals surface area (Å²) < 4.78 is 13.6. The molecule has 1 saturated carbocycles. The molecule has 0 amide bonds. The predicted molar refractivity (Wildman–Crippen MR) is 69.6 cm³/mol. The summed E-state index contributed by atoms with van der Waals surface area (Å²) in [6, 6.07) is 4.73. The molecule has 1 aliphatic carbocycles. The molecule has 1 aromatic rings. The van der Waals surface area contributed by atoms with E-state index in [2.05, 4.69) is 6.92 Å². The van der Waals surface area contributed by atoms with Crippen LogP contribution in [-0.2, 0) is 6.42 Å². The third kappa shape index (κ3) is 3.20. The van der Waals surface area contributed by atoms with Gasteiger partial charge in [-0.15, -0.1) is 0 Å². The van der Waals surface area contributed by atoms with E-state index in [4.69, 9.17) is 17.3 Å². The van der Waals surface area contributed by atoms with Crippen LogP contribution in [0.4, 0.5) is 4.39 Å². The first-order valence-electron chi connectivity index (χ1n) is 6.25. The average molecular weight is 256 g/mol. The Labute approximate surface area is 107 Å². The van der Waals surface area contributed by atoms with E-state index in [-0.39, 0.29) is 11.9 Å². The van der Waals surface area contributed by atoms with Crippen molar-refractivity contribution < 1.29 is 4.39 Å². The fourth-order valence-electron chi connectivity index (χ4n) is 2.76. The van der Waals surface area contributed by atoms with Gasteiger partial charge in [-0.05, 0) is 54.9 Å². The molecule has 0 spiro atoms. The van der Waals surface area contributed by atoms with Crippen LogP contribution in [-0.4, -0.2) is 6.04 Å². The highest BCUT2D eigenvalue weighted by molar-refractivity contribution is 6.30. The maximum atomic E-state index is 13.6. The topological polar surface area (TPSA) is 26.0 Å². The Morgan fingerprint density at radius 3 is 2.88 bits per heavy atom. The van der Waals surface area contributed by atoms with Gasteiger partial charge in [-0.1, -0.05) is 24.9 Å². The first-order chi connectivity index (χ1) is 8.06. The first kappa shape index (κ1) is 12.8. The van der Waals surface area contributed by atoms with Crippen LogP contribution in [0.25, 0.3) is 0 Å². The molecule has 17 heavy (non-hydrogen) atoms. The Morgan fingerprint density at radius 2 is 2.24 bits per heavy atom. The summed E-state index contributed by atoms with van der Waals surface area (Å²) in [6.45, 7) is 2.26. The lowest BCUT2D eigenvalue weighted by Crippen LogP contribution is -2.31. The molecule has 1 aliphatic rings. The molecule has 1 fully saturated rings. The third-order valence-electron chi connectivity index (χ3n) is 3.80. The molecule has 0 bridgehead atoms. The highest BCUT2D eigenvalue weighted by atomic mass is 35.5. The van der Waals surface area contributed by atoms with Crippen LogP contribution < -0.4 is 5.73 Å². The van der Waals surface area contributed by atoms with Crippen molar-refractivity contribution in [3.8, 4) is 0 Å². The molecule has 0 radical (unpaired) electrons. The molecule has 2 N–H and O–H groups in total. The van der Waals surface area contributed by atoms with Gasteiger partial charge >= 0.3 is 0 Å². The summed E-state index contributed by atoms with van der Waals surface area (Å²) in [5, 5.41) is 0.577. The largest absolute Gasteiger partial charge is 0.327 e. The molecular formula is C14H19ClFN. The summed E-state index contributed by atoms with van der Waals surface area (Å²) in [7, 11) is 0. The van der Waals surface area contributed by atoms with Gasteiger partial charge < -0.3 is 5.73 Å². The van der Waals surface area contributed by atoms with Gasteiger partial charge in [-0.3, -0.25) is 0 Å². The van der Waals surface area contributed by atoms with E-state index >= 15 is 0 Å². The molecule has 0 heterocycles. The van der Waals surface area contributed by atoms with Gasteiger partial charge in [0.1, 0.15) is 5.82 Å². The van der Waals surface area contributed by atoms with Crippen molar-refractivity contribution >= 4 is 11.6 Å². The van der Waals surface area contributed by atoms with E-state index in [1.54, 1.807) is 12.1 Å². The molecule has 2 rings (SSSR count). The Bertz CT molecular complexity index is 394. The van der Waals surface area contributed by atoms with E-state index < -0.39 is 0 Å². The number of rotatable bonds is 3. The summed E-state index contributed by atoms with van der Waals surface area (Å²) in [5.41, 5.74) is 6.83. The fraction of sp³-hybridized carbons (Fsp3) is 0.571. The second-order valence-electron chi connectivity index (χ2n) is 5.28. The van der Waals surface area contributed by atoms with Gasteiger partial charge in [0.25, 0.3) is 0 Å². The van der Waals surface area contributed by atoms with Crippen LogP contribution in [0.2, 0.25) is 5.02 Å². The third-order valence-corrected chi connectivity index (χ3v) is 4.04. The molecule has 0 saturated heterocycles. The summed E-state index contributed by atoms with van der Waals surface area (Å²) in [5.74, 6) is 1.09. The molecule has 94 valence electrons. The van der Waals surface area contributed by atoms with Gasteiger partial charge in [0.15, 0.2) is 0 Å². The van der Waals surface area contributed by atoms with Crippen LogP contribution in [0.3, 0.4) is 0 Å². The maximum Gasteiger partial charge on any atom is 0.126 e.